The molecule has 2 rings (SSSR count). The van der Waals surface area contributed by atoms with Gasteiger partial charge in [0, 0.05) is 17.8 Å². The molecule has 0 aliphatic carbocycles. The summed E-state index contributed by atoms with van der Waals surface area (Å²) in [7, 11) is 0. The molecule has 1 unspecified atom stereocenters. The Morgan fingerprint density at radius 2 is 2.21 bits per heavy atom. The largest absolute Gasteiger partial charge is 0.436 e. The van der Waals surface area contributed by atoms with Crippen molar-refractivity contribution in [2.24, 2.45) is 0 Å². The van der Waals surface area contributed by atoms with E-state index in [1.54, 1.807) is 0 Å². The van der Waals surface area contributed by atoms with Gasteiger partial charge in [0.1, 0.15) is 5.75 Å². The van der Waals surface area contributed by atoms with Crippen LogP contribution in [0.15, 0.2) is 24.3 Å². The molecule has 0 bridgehead atoms. The van der Waals surface area contributed by atoms with Gasteiger partial charge in [-0.1, -0.05) is 24.6 Å². The number of H-pyrrole nitrogens is 1. The quantitative estimate of drug-likeness (QED) is 0.874. The number of aryl methyl sites for hydroxylation is 1. The molecule has 0 saturated carbocycles. The Balaban J connectivity index is 2.15. The van der Waals surface area contributed by atoms with Gasteiger partial charge in [-0.3, -0.25) is 5.10 Å². The number of hydrogen-bond donors (Lipinski definition) is 2. The SMILES string of the molecule is CCNC(C)c1ccc(Oc2cc(C)[nH]n2)c(Cl)c1. The summed E-state index contributed by atoms with van der Waals surface area (Å²) in [6.07, 6.45) is 0. The van der Waals surface area contributed by atoms with Gasteiger partial charge in [0.2, 0.25) is 5.88 Å². The molecule has 1 heterocycles. The minimum absolute atomic E-state index is 0.268. The number of hydrogen-bond acceptors (Lipinski definition) is 3. The molecular formula is C14H18ClN3O. The molecule has 0 fully saturated rings. The van der Waals surface area contributed by atoms with Gasteiger partial charge in [0.25, 0.3) is 0 Å². The lowest BCUT2D eigenvalue weighted by atomic mass is 10.1. The highest BCUT2D eigenvalue weighted by atomic mass is 35.5. The van der Waals surface area contributed by atoms with E-state index in [0.717, 1.165) is 17.8 Å². The summed E-state index contributed by atoms with van der Waals surface area (Å²) in [5.41, 5.74) is 2.08. The normalized spacial score (nSPS) is 12.4. The summed E-state index contributed by atoms with van der Waals surface area (Å²) in [6, 6.07) is 7.89. The average molecular weight is 280 g/mol. The van der Waals surface area contributed by atoms with Gasteiger partial charge < -0.3 is 10.1 Å². The Kier molecular flexibility index (Phi) is 4.45. The van der Waals surface area contributed by atoms with Crippen molar-refractivity contribution in [2.45, 2.75) is 26.8 Å². The van der Waals surface area contributed by atoms with Gasteiger partial charge in [-0.15, -0.1) is 5.10 Å². The fraction of sp³-hybridized carbons (Fsp3) is 0.357. The molecule has 0 spiro atoms. The highest BCUT2D eigenvalue weighted by molar-refractivity contribution is 6.32. The number of nitrogens with zero attached hydrogens (tertiary/aromatic N) is 1. The third-order valence-electron chi connectivity index (χ3n) is 2.86. The molecule has 2 N–H and O–H groups in total. The summed E-state index contributed by atoms with van der Waals surface area (Å²) in [4.78, 5) is 0. The standard InChI is InChI=1S/C14H18ClN3O/c1-4-16-10(3)11-5-6-13(12(15)8-11)19-14-7-9(2)17-18-14/h5-8,10,16H,4H2,1-3H3,(H,17,18). The zero-order chi connectivity index (χ0) is 13.8. The third-order valence-corrected chi connectivity index (χ3v) is 3.16. The zero-order valence-electron chi connectivity index (χ0n) is 11.3. The van der Waals surface area contributed by atoms with Crippen LogP contribution < -0.4 is 10.1 Å². The number of aromatic nitrogens is 2. The first-order chi connectivity index (χ1) is 9.10. The summed E-state index contributed by atoms with van der Waals surface area (Å²) >= 11 is 6.24. The van der Waals surface area contributed by atoms with E-state index in [0.29, 0.717) is 16.7 Å². The van der Waals surface area contributed by atoms with Gasteiger partial charge in [0.05, 0.1) is 5.02 Å². The highest BCUT2D eigenvalue weighted by Crippen LogP contribution is 2.31. The maximum absolute atomic E-state index is 6.24. The summed E-state index contributed by atoms with van der Waals surface area (Å²) in [5, 5.41) is 10.8. The fourth-order valence-corrected chi connectivity index (χ4v) is 2.08. The Morgan fingerprint density at radius 1 is 1.42 bits per heavy atom. The molecule has 1 aromatic carbocycles. The van der Waals surface area contributed by atoms with Gasteiger partial charge in [0.15, 0.2) is 0 Å². The second kappa shape index (κ2) is 6.08. The van der Waals surface area contributed by atoms with Crippen LogP contribution in [0.2, 0.25) is 5.02 Å². The minimum Gasteiger partial charge on any atom is -0.436 e. The first-order valence-corrected chi connectivity index (χ1v) is 6.70. The van der Waals surface area contributed by atoms with Crippen molar-refractivity contribution in [3.8, 4) is 11.6 Å². The lowest BCUT2D eigenvalue weighted by Crippen LogP contribution is -2.17. The summed E-state index contributed by atoms with van der Waals surface area (Å²) in [5.74, 6) is 1.13. The first kappa shape index (κ1) is 13.9. The van der Waals surface area contributed by atoms with Gasteiger partial charge in [-0.05, 0) is 38.1 Å². The molecule has 0 aliphatic rings. The highest BCUT2D eigenvalue weighted by Gasteiger charge is 2.09. The van der Waals surface area contributed by atoms with Crippen LogP contribution in [0, 0.1) is 6.92 Å². The molecule has 19 heavy (non-hydrogen) atoms. The van der Waals surface area contributed by atoms with Crippen molar-refractivity contribution in [1.82, 2.24) is 15.5 Å². The molecule has 5 heteroatoms. The molecule has 0 aliphatic heterocycles. The Hall–Kier alpha value is -1.52. The van der Waals surface area contributed by atoms with Crippen molar-refractivity contribution in [1.29, 1.82) is 0 Å². The lowest BCUT2D eigenvalue weighted by molar-refractivity contribution is 0.461. The van der Waals surface area contributed by atoms with Crippen LogP contribution in [0.5, 0.6) is 11.6 Å². The maximum Gasteiger partial charge on any atom is 0.238 e. The van der Waals surface area contributed by atoms with Crippen LogP contribution in [0.25, 0.3) is 0 Å². The Bertz CT molecular complexity index is 553. The minimum atomic E-state index is 0.268. The molecule has 4 nitrogen and oxygen atoms in total. The van der Waals surface area contributed by atoms with Crippen LogP contribution in [0.1, 0.15) is 31.1 Å². The van der Waals surface area contributed by atoms with Crippen molar-refractivity contribution < 1.29 is 4.74 Å². The number of nitrogens with one attached hydrogen (secondary N) is 2. The zero-order valence-corrected chi connectivity index (χ0v) is 12.1. The topological polar surface area (TPSA) is 49.9 Å². The lowest BCUT2D eigenvalue weighted by Gasteiger charge is -2.14. The predicted octanol–water partition coefficient (Wildman–Crippen LogP) is 3.83. The number of rotatable bonds is 5. The van der Waals surface area contributed by atoms with Crippen LogP contribution in [0.3, 0.4) is 0 Å². The van der Waals surface area contributed by atoms with Crippen LogP contribution >= 0.6 is 11.6 Å². The number of aromatic amines is 1. The molecule has 2 aromatic rings. The smallest absolute Gasteiger partial charge is 0.238 e. The summed E-state index contributed by atoms with van der Waals surface area (Å²) < 4.78 is 5.63. The van der Waals surface area contributed by atoms with Crippen molar-refractivity contribution in [3.05, 3.63) is 40.5 Å². The number of halogens is 1. The Labute approximate surface area is 118 Å². The van der Waals surface area contributed by atoms with E-state index in [-0.39, 0.29) is 6.04 Å². The average Bonchev–Trinajstić information content (AvgIpc) is 2.78. The molecule has 0 radical (unpaired) electrons. The van der Waals surface area contributed by atoms with E-state index in [9.17, 15) is 0 Å². The number of ether oxygens (including phenoxy) is 1. The molecule has 102 valence electrons. The van der Waals surface area contributed by atoms with E-state index in [2.05, 4.69) is 29.4 Å². The first-order valence-electron chi connectivity index (χ1n) is 6.33. The van der Waals surface area contributed by atoms with E-state index >= 15 is 0 Å². The second-order valence-electron chi connectivity index (χ2n) is 4.46. The van der Waals surface area contributed by atoms with E-state index in [1.165, 1.54) is 0 Å². The van der Waals surface area contributed by atoms with E-state index in [1.807, 2.05) is 31.2 Å². The Morgan fingerprint density at radius 3 is 2.79 bits per heavy atom. The van der Waals surface area contributed by atoms with Gasteiger partial charge in [-0.2, -0.15) is 0 Å². The van der Waals surface area contributed by atoms with Gasteiger partial charge in [-0.25, -0.2) is 0 Å². The van der Waals surface area contributed by atoms with E-state index in [4.69, 9.17) is 16.3 Å². The molecule has 0 saturated heterocycles. The third kappa shape index (κ3) is 3.49. The molecule has 0 amide bonds. The van der Waals surface area contributed by atoms with Crippen LogP contribution in [-0.2, 0) is 0 Å². The second-order valence-corrected chi connectivity index (χ2v) is 4.87. The summed E-state index contributed by atoms with van der Waals surface area (Å²) in [6.45, 7) is 7.02. The predicted molar refractivity (Wildman–Crippen MR) is 76.9 cm³/mol. The molecule has 1 aromatic heterocycles. The van der Waals surface area contributed by atoms with Crippen molar-refractivity contribution >= 4 is 11.6 Å². The van der Waals surface area contributed by atoms with Crippen LogP contribution in [0.4, 0.5) is 0 Å². The molecular weight excluding hydrogens is 262 g/mol. The van der Waals surface area contributed by atoms with E-state index < -0.39 is 0 Å². The van der Waals surface area contributed by atoms with Crippen molar-refractivity contribution in [3.63, 3.8) is 0 Å². The molecule has 1 atom stereocenters. The van der Waals surface area contributed by atoms with Gasteiger partial charge >= 0.3 is 0 Å². The van der Waals surface area contributed by atoms with Crippen LogP contribution in [-0.4, -0.2) is 16.7 Å². The number of benzene rings is 1. The van der Waals surface area contributed by atoms with Crippen molar-refractivity contribution in [2.75, 3.05) is 6.54 Å². The maximum atomic E-state index is 6.24. The fourth-order valence-electron chi connectivity index (χ4n) is 1.85. The monoisotopic (exact) mass is 279 g/mol.